The van der Waals surface area contributed by atoms with Crippen LogP contribution in [-0.2, 0) is 4.79 Å². The molecule has 0 heterocycles. The minimum atomic E-state index is -0.406. The zero-order chi connectivity index (χ0) is 14.5. The van der Waals surface area contributed by atoms with Crippen molar-refractivity contribution in [1.29, 1.82) is 0 Å². The minimum absolute atomic E-state index is 0.189. The summed E-state index contributed by atoms with van der Waals surface area (Å²) in [6.45, 7) is 1.65. The van der Waals surface area contributed by atoms with Crippen LogP contribution in [0.1, 0.15) is 5.56 Å². The number of hydrogen-bond donors (Lipinski definition) is 1. The standard InChI is InChI=1S/C15H13ClFNO2/c1-10-7-11(16)5-6-14(10)18-15(19)9-20-13-4-2-3-12(17)8-13/h2-8H,9H2,1H3,(H,18,19). The summed E-state index contributed by atoms with van der Waals surface area (Å²) in [6, 6.07) is 10.8. The molecular weight excluding hydrogens is 281 g/mol. The van der Waals surface area contributed by atoms with Gasteiger partial charge in [0.15, 0.2) is 6.61 Å². The Morgan fingerprint density at radius 3 is 2.80 bits per heavy atom. The van der Waals surface area contributed by atoms with Crippen molar-refractivity contribution in [2.75, 3.05) is 11.9 Å². The van der Waals surface area contributed by atoms with Crippen molar-refractivity contribution in [3.8, 4) is 5.75 Å². The maximum atomic E-state index is 12.9. The molecule has 2 aromatic carbocycles. The van der Waals surface area contributed by atoms with Gasteiger partial charge < -0.3 is 10.1 Å². The molecule has 5 heteroatoms. The number of anilines is 1. The maximum absolute atomic E-state index is 12.9. The van der Waals surface area contributed by atoms with Crippen LogP contribution in [0.5, 0.6) is 5.75 Å². The van der Waals surface area contributed by atoms with Crippen molar-refractivity contribution in [3.05, 3.63) is 58.9 Å². The van der Waals surface area contributed by atoms with E-state index in [0.29, 0.717) is 16.5 Å². The lowest BCUT2D eigenvalue weighted by Gasteiger charge is -2.09. The van der Waals surface area contributed by atoms with Crippen LogP contribution in [0.4, 0.5) is 10.1 Å². The first kappa shape index (κ1) is 14.3. The Balaban J connectivity index is 1.92. The smallest absolute Gasteiger partial charge is 0.262 e. The molecule has 0 saturated heterocycles. The van der Waals surface area contributed by atoms with E-state index in [1.807, 2.05) is 6.92 Å². The number of benzene rings is 2. The zero-order valence-corrected chi connectivity index (χ0v) is 11.6. The molecule has 0 atom stereocenters. The SMILES string of the molecule is Cc1cc(Cl)ccc1NC(=O)COc1cccc(F)c1. The molecule has 2 rings (SSSR count). The number of hydrogen-bond acceptors (Lipinski definition) is 2. The van der Waals surface area contributed by atoms with E-state index >= 15 is 0 Å². The predicted molar refractivity (Wildman–Crippen MR) is 76.7 cm³/mol. The summed E-state index contributed by atoms with van der Waals surface area (Å²) in [4.78, 5) is 11.7. The Bertz CT molecular complexity index is 631. The second kappa shape index (κ2) is 6.39. The Kier molecular flexibility index (Phi) is 4.58. The first-order valence-electron chi connectivity index (χ1n) is 5.99. The Morgan fingerprint density at radius 1 is 1.30 bits per heavy atom. The van der Waals surface area contributed by atoms with Gasteiger partial charge in [-0.1, -0.05) is 17.7 Å². The summed E-state index contributed by atoms with van der Waals surface area (Å²) in [5, 5.41) is 3.31. The van der Waals surface area contributed by atoms with Crippen molar-refractivity contribution in [2.24, 2.45) is 0 Å². The molecule has 0 fully saturated rings. The van der Waals surface area contributed by atoms with Gasteiger partial charge in [0.2, 0.25) is 0 Å². The molecular formula is C15H13ClFNO2. The highest BCUT2D eigenvalue weighted by Gasteiger charge is 2.06. The van der Waals surface area contributed by atoms with Crippen LogP contribution < -0.4 is 10.1 Å². The van der Waals surface area contributed by atoms with Crippen LogP contribution in [0, 0.1) is 12.7 Å². The van der Waals surface area contributed by atoms with Crippen molar-refractivity contribution in [2.45, 2.75) is 6.92 Å². The molecule has 0 radical (unpaired) electrons. The van der Waals surface area contributed by atoms with Crippen LogP contribution in [-0.4, -0.2) is 12.5 Å². The summed E-state index contributed by atoms with van der Waals surface area (Å²) < 4.78 is 18.1. The van der Waals surface area contributed by atoms with Gasteiger partial charge in [0, 0.05) is 16.8 Å². The lowest BCUT2D eigenvalue weighted by Crippen LogP contribution is -2.20. The Morgan fingerprint density at radius 2 is 2.10 bits per heavy atom. The van der Waals surface area contributed by atoms with Crippen LogP contribution >= 0.6 is 11.6 Å². The quantitative estimate of drug-likeness (QED) is 0.931. The number of ether oxygens (including phenoxy) is 1. The maximum Gasteiger partial charge on any atom is 0.262 e. The second-order valence-electron chi connectivity index (χ2n) is 4.25. The van der Waals surface area contributed by atoms with Gasteiger partial charge in [-0.05, 0) is 42.8 Å². The fraction of sp³-hybridized carbons (Fsp3) is 0.133. The van der Waals surface area contributed by atoms with E-state index in [9.17, 15) is 9.18 Å². The van der Waals surface area contributed by atoms with E-state index in [1.54, 1.807) is 24.3 Å². The molecule has 0 unspecified atom stereocenters. The largest absolute Gasteiger partial charge is 0.484 e. The third-order valence-corrected chi connectivity index (χ3v) is 2.86. The van der Waals surface area contributed by atoms with E-state index in [2.05, 4.69) is 5.32 Å². The fourth-order valence-corrected chi connectivity index (χ4v) is 1.89. The van der Waals surface area contributed by atoms with E-state index in [-0.39, 0.29) is 12.5 Å². The molecule has 0 aliphatic heterocycles. The number of aryl methyl sites for hydroxylation is 1. The first-order chi connectivity index (χ1) is 9.54. The highest BCUT2D eigenvalue weighted by molar-refractivity contribution is 6.30. The summed E-state index contributed by atoms with van der Waals surface area (Å²) in [6.07, 6.45) is 0. The number of rotatable bonds is 4. The predicted octanol–water partition coefficient (Wildman–Crippen LogP) is 3.81. The van der Waals surface area contributed by atoms with Crippen molar-refractivity contribution in [3.63, 3.8) is 0 Å². The third-order valence-electron chi connectivity index (χ3n) is 2.63. The molecule has 1 N–H and O–H groups in total. The Hall–Kier alpha value is -2.07. The Labute approximate surface area is 121 Å². The van der Waals surface area contributed by atoms with E-state index in [1.165, 1.54) is 18.2 Å². The van der Waals surface area contributed by atoms with E-state index < -0.39 is 5.82 Å². The third kappa shape index (κ3) is 3.96. The number of nitrogens with one attached hydrogen (secondary N) is 1. The van der Waals surface area contributed by atoms with Crippen LogP contribution in [0.2, 0.25) is 5.02 Å². The molecule has 104 valence electrons. The van der Waals surface area contributed by atoms with Gasteiger partial charge in [-0.3, -0.25) is 4.79 Å². The molecule has 20 heavy (non-hydrogen) atoms. The summed E-state index contributed by atoms with van der Waals surface area (Å²) in [7, 11) is 0. The highest BCUT2D eigenvalue weighted by atomic mass is 35.5. The topological polar surface area (TPSA) is 38.3 Å². The van der Waals surface area contributed by atoms with Gasteiger partial charge in [0.05, 0.1) is 0 Å². The highest BCUT2D eigenvalue weighted by Crippen LogP contribution is 2.19. The van der Waals surface area contributed by atoms with Gasteiger partial charge in [-0.2, -0.15) is 0 Å². The summed E-state index contributed by atoms with van der Waals surface area (Å²) >= 11 is 5.84. The number of halogens is 2. The number of carbonyl (C=O) groups excluding carboxylic acids is 1. The van der Waals surface area contributed by atoms with Crippen LogP contribution in [0.15, 0.2) is 42.5 Å². The normalized spacial score (nSPS) is 10.2. The van der Waals surface area contributed by atoms with Gasteiger partial charge >= 0.3 is 0 Å². The zero-order valence-electron chi connectivity index (χ0n) is 10.8. The second-order valence-corrected chi connectivity index (χ2v) is 4.69. The lowest BCUT2D eigenvalue weighted by atomic mass is 10.2. The van der Waals surface area contributed by atoms with Crippen molar-refractivity contribution < 1.29 is 13.9 Å². The summed E-state index contributed by atoms with van der Waals surface area (Å²) in [5.74, 6) is -0.413. The van der Waals surface area contributed by atoms with Crippen LogP contribution in [0.25, 0.3) is 0 Å². The molecule has 0 spiro atoms. The average molecular weight is 294 g/mol. The number of amides is 1. The molecule has 0 saturated carbocycles. The van der Waals surface area contributed by atoms with Crippen molar-refractivity contribution >= 4 is 23.2 Å². The molecule has 1 amide bonds. The summed E-state index contributed by atoms with van der Waals surface area (Å²) in [5.41, 5.74) is 1.53. The molecule has 0 bridgehead atoms. The van der Waals surface area contributed by atoms with Gasteiger partial charge in [-0.25, -0.2) is 4.39 Å². The van der Waals surface area contributed by atoms with Crippen LogP contribution in [0.3, 0.4) is 0 Å². The fourth-order valence-electron chi connectivity index (χ4n) is 1.66. The van der Waals surface area contributed by atoms with E-state index in [4.69, 9.17) is 16.3 Å². The van der Waals surface area contributed by atoms with E-state index in [0.717, 1.165) is 5.56 Å². The molecule has 0 aromatic heterocycles. The van der Waals surface area contributed by atoms with Gasteiger partial charge in [-0.15, -0.1) is 0 Å². The molecule has 0 aliphatic carbocycles. The van der Waals surface area contributed by atoms with Gasteiger partial charge in [0.25, 0.3) is 5.91 Å². The van der Waals surface area contributed by atoms with Crippen molar-refractivity contribution in [1.82, 2.24) is 0 Å². The number of carbonyl (C=O) groups is 1. The minimum Gasteiger partial charge on any atom is -0.484 e. The molecule has 3 nitrogen and oxygen atoms in total. The average Bonchev–Trinajstić information content (AvgIpc) is 2.40. The monoisotopic (exact) mass is 293 g/mol. The molecule has 0 aliphatic rings. The van der Waals surface area contributed by atoms with Gasteiger partial charge in [0.1, 0.15) is 11.6 Å². The first-order valence-corrected chi connectivity index (χ1v) is 6.37. The lowest BCUT2D eigenvalue weighted by molar-refractivity contribution is -0.118. The molecule has 2 aromatic rings.